The van der Waals surface area contributed by atoms with Crippen molar-refractivity contribution in [2.45, 2.75) is 32.1 Å². The molecule has 2 aromatic rings. The van der Waals surface area contributed by atoms with Gasteiger partial charge in [-0.05, 0) is 29.8 Å². The van der Waals surface area contributed by atoms with Gasteiger partial charge in [0.15, 0.2) is 11.5 Å². The second-order valence-corrected chi connectivity index (χ2v) is 6.89. The number of amides is 1. The zero-order chi connectivity index (χ0) is 21.8. The van der Waals surface area contributed by atoms with Crippen molar-refractivity contribution in [2.75, 3.05) is 13.7 Å². The van der Waals surface area contributed by atoms with E-state index in [1.807, 2.05) is 0 Å². The standard InChI is InChI=1S/C20H20F5NO3/c1-19(2,13-5-4-6-14(10-13)20(23,24)25)11-26-17(27)12-7-8-15(28-3)16(9-12)29-18(21)22/h4-10,18H,11H2,1-3H3,(H,26,27). The van der Waals surface area contributed by atoms with E-state index in [2.05, 4.69) is 10.1 Å². The molecule has 0 spiro atoms. The molecular formula is C20H20F5NO3. The van der Waals surface area contributed by atoms with Gasteiger partial charge in [0.1, 0.15) is 0 Å². The van der Waals surface area contributed by atoms with Crippen LogP contribution in [0.4, 0.5) is 22.0 Å². The Morgan fingerprint density at radius 1 is 1.03 bits per heavy atom. The van der Waals surface area contributed by atoms with E-state index in [1.165, 1.54) is 25.3 Å². The van der Waals surface area contributed by atoms with Gasteiger partial charge in [0.25, 0.3) is 5.91 Å². The maximum atomic E-state index is 12.9. The van der Waals surface area contributed by atoms with Gasteiger partial charge in [-0.15, -0.1) is 0 Å². The van der Waals surface area contributed by atoms with Crippen molar-refractivity contribution in [3.63, 3.8) is 0 Å². The number of halogens is 5. The Labute approximate surface area is 164 Å². The predicted octanol–water partition coefficient (Wildman–Crippen LogP) is 5.02. The number of carbonyl (C=O) groups is 1. The lowest BCUT2D eigenvalue weighted by atomic mass is 9.83. The molecule has 4 nitrogen and oxygen atoms in total. The molecule has 0 aliphatic rings. The summed E-state index contributed by atoms with van der Waals surface area (Å²) in [6.45, 7) is 0.288. The summed E-state index contributed by atoms with van der Waals surface area (Å²) in [5.74, 6) is -0.856. The molecule has 0 atom stereocenters. The minimum absolute atomic E-state index is 0.0181. The average molecular weight is 417 g/mol. The molecule has 0 saturated heterocycles. The summed E-state index contributed by atoms with van der Waals surface area (Å²) >= 11 is 0. The van der Waals surface area contributed by atoms with Gasteiger partial charge in [-0.2, -0.15) is 22.0 Å². The van der Waals surface area contributed by atoms with Crippen molar-refractivity contribution >= 4 is 5.91 Å². The van der Waals surface area contributed by atoms with E-state index in [-0.39, 0.29) is 23.6 Å². The lowest BCUT2D eigenvalue weighted by Crippen LogP contribution is -2.36. The molecular weight excluding hydrogens is 397 g/mol. The Morgan fingerprint density at radius 3 is 2.28 bits per heavy atom. The fourth-order valence-corrected chi connectivity index (χ4v) is 2.63. The Bertz CT molecular complexity index is 865. The second kappa shape index (κ2) is 8.67. The molecule has 0 aromatic heterocycles. The van der Waals surface area contributed by atoms with Crippen LogP contribution in [0, 0.1) is 0 Å². The van der Waals surface area contributed by atoms with Crippen LogP contribution in [0.1, 0.15) is 35.3 Å². The topological polar surface area (TPSA) is 47.6 Å². The highest BCUT2D eigenvalue weighted by atomic mass is 19.4. The molecule has 2 aromatic carbocycles. The zero-order valence-electron chi connectivity index (χ0n) is 15.9. The number of benzene rings is 2. The summed E-state index contributed by atoms with van der Waals surface area (Å²) in [4.78, 5) is 12.4. The van der Waals surface area contributed by atoms with Crippen LogP contribution in [-0.4, -0.2) is 26.2 Å². The number of alkyl halides is 5. The Hall–Kier alpha value is -2.84. The van der Waals surface area contributed by atoms with Gasteiger partial charge in [0.2, 0.25) is 0 Å². The first kappa shape index (κ1) is 22.4. The summed E-state index contributed by atoms with van der Waals surface area (Å²) in [5.41, 5.74) is -1.16. The monoisotopic (exact) mass is 417 g/mol. The van der Waals surface area contributed by atoms with Crippen LogP contribution in [-0.2, 0) is 11.6 Å². The van der Waals surface area contributed by atoms with Crippen molar-refractivity contribution in [3.05, 3.63) is 59.2 Å². The van der Waals surface area contributed by atoms with Crippen molar-refractivity contribution in [3.8, 4) is 11.5 Å². The average Bonchev–Trinajstić information content (AvgIpc) is 2.65. The van der Waals surface area contributed by atoms with E-state index < -0.39 is 29.7 Å². The van der Waals surface area contributed by atoms with Crippen molar-refractivity contribution < 1.29 is 36.2 Å². The fraction of sp³-hybridized carbons (Fsp3) is 0.350. The number of methoxy groups -OCH3 is 1. The number of rotatable bonds is 7. The molecule has 0 unspecified atom stereocenters. The van der Waals surface area contributed by atoms with E-state index in [0.717, 1.165) is 18.2 Å². The maximum absolute atomic E-state index is 12.9. The van der Waals surface area contributed by atoms with E-state index in [1.54, 1.807) is 19.9 Å². The van der Waals surface area contributed by atoms with Gasteiger partial charge in [0.05, 0.1) is 12.7 Å². The number of ether oxygens (including phenoxy) is 2. The Balaban J connectivity index is 2.15. The first-order valence-corrected chi connectivity index (χ1v) is 8.53. The molecule has 9 heteroatoms. The van der Waals surface area contributed by atoms with Crippen LogP contribution in [0.25, 0.3) is 0 Å². The second-order valence-electron chi connectivity index (χ2n) is 6.89. The molecule has 0 bridgehead atoms. The molecule has 2 rings (SSSR count). The molecule has 0 saturated carbocycles. The van der Waals surface area contributed by atoms with Crippen LogP contribution in [0.15, 0.2) is 42.5 Å². The molecule has 0 radical (unpaired) electrons. The van der Waals surface area contributed by atoms with Crippen molar-refractivity contribution in [2.24, 2.45) is 0 Å². The van der Waals surface area contributed by atoms with Crippen LogP contribution >= 0.6 is 0 Å². The van der Waals surface area contributed by atoms with Gasteiger partial charge in [-0.1, -0.05) is 32.0 Å². The van der Waals surface area contributed by atoms with Gasteiger partial charge in [-0.25, -0.2) is 0 Å². The lowest BCUT2D eigenvalue weighted by Gasteiger charge is -2.26. The number of carbonyl (C=O) groups excluding carboxylic acids is 1. The molecule has 0 fully saturated rings. The third kappa shape index (κ3) is 5.82. The van der Waals surface area contributed by atoms with Crippen LogP contribution in [0.5, 0.6) is 11.5 Å². The third-order valence-electron chi connectivity index (χ3n) is 4.30. The quantitative estimate of drug-likeness (QED) is 0.644. The minimum Gasteiger partial charge on any atom is -0.493 e. The summed E-state index contributed by atoms with van der Waals surface area (Å²) in [6.07, 6.45) is -4.47. The molecule has 1 N–H and O–H groups in total. The smallest absolute Gasteiger partial charge is 0.416 e. The molecule has 29 heavy (non-hydrogen) atoms. The normalized spacial score (nSPS) is 12.0. The maximum Gasteiger partial charge on any atom is 0.416 e. The van der Waals surface area contributed by atoms with Crippen molar-refractivity contribution in [1.29, 1.82) is 0 Å². The Kier molecular flexibility index (Phi) is 6.71. The summed E-state index contributed by atoms with van der Waals surface area (Å²) in [7, 11) is 1.27. The van der Waals surface area contributed by atoms with Crippen LogP contribution in [0.3, 0.4) is 0 Å². The molecule has 0 aliphatic carbocycles. The first-order valence-electron chi connectivity index (χ1n) is 8.53. The van der Waals surface area contributed by atoms with Crippen LogP contribution in [0.2, 0.25) is 0 Å². The Morgan fingerprint density at radius 2 is 1.69 bits per heavy atom. The fourth-order valence-electron chi connectivity index (χ4n) is 2.63. The number of hydrogen-bond donors (Lipinski definition) is 1. The summed E-state index contributed by atoms with van der Waals surface area (Å²) in [6, 6.07) is 8.64. The lowest BCUT2D eigenvalue weighted by molar-refractivity contribution is -0.137. The van der Waals surface area contributed by atoms with E-state index in [4.69, 9.17) is 4.74 Å². The highest BCUT2D eigenvalue weighted by Crippen LogP contribution is 2.33. The molecule has 0 aliphatic heterocycles. The van der Waals surface area contributed by atoms with E-state index in [9.17, 15) is 26.7 Å². The van der Waals surface area contributed by atoms with Gasteiger partial charge < -0.3 is 14.8 Å². The van der Waals surface area contributed by atoms with Crippen LogP contribution < -0.4 is 14.8 Å². The van der Waals surface area contributed by atoms with Gasteiger partial charge in [-0.3, -0.25) is 4.79 Å². The molecule has 1 amide bonds. The third-order valence-corrected chi connectivity index (χ3v) is 4.30. The van der Waals surface area contributed by atoms with Crippen molar-refractivity contribution in [1.82, 2.24) is 5.32 Å². The van der Waals surface area contributed by atoms with Gasteiger partial charge in [0, 0.05) is 17.5 Å². The number of nitrogens with one attached hydrogen (secondary N) is 1. The van der Waals surface area contributed by atoms with E-state index >= 15 is 0 Å². The predicted molar refractivity (Wildman–Crippen MR) is 96.4 cm³/mol. The highest BCUT2D eigenvalue weighted by Gasteiger charge is 2.32. The first-order chi connectivity index (χ1) is 13.4. The minimum atomic E-state index is -4.47. The zero-order valence-corrected chi connectivity index (χ0v) is 15.9. The van der Waals surface area contributed by atoms with Gasteiger partial charge >= 0.3 is 12.8 Å². The number of hydrogen-bond acceptors (Lipinski definition) is 3. The largest absolute Gasteiger partial charge is 0.493 e. The molecule has 158 valence electrons. The molecule has 0 heterocycles. The highest BCUT2D eigenvalue weighted by molar-refractivity contribution is 5.95. The van der Waals surface area contributed by atoms with E-state index in [0.29, 0.717) is 5.56 Å². The SMILES string of the molecule is COc1ccc(C(=O)NCC(C)(C)c2cccc(C(F)(F)F)c2)cc1OC(F)F. The summed E-state index contributed by atoms with van der Waals surface area (Å²) < 4.78 is 73.1. The summed E-state index contributed by atoms with van der Waals surface area (Å²) in [5, 5.41) is 2.61.